The summed E-state index contributed by atoms with van der Waals surface area (Å²) in [5.74, 6) is -0.0423. The van der Waals surface area contributed by atoms with E-state index in [0.29, 0.717) is 18.8 Å². The largest absolute Gasteiger partial charge is 0.326 e. The van der Waals surface area contributed by atoms with Crippen molar-refractivity contribution in [3.05, 3.63) is 24.3 Å². The summed E-state index contributed by atoms with van der Waals surface area (Å²) in [6.07, 6.45) is 1.57. The molecule has 0 bridgehead atoms. The number of sulfonamides is 1. The quantitative estimate of drug-likeness (QED) is 0.729. The minimum Gasteiger partial charge on any atom is -0.326 e. The molecule has 1 aromatic carbocycles. The number of carbonyl (C=O) groups excluding carboxylic acids is 1. The van der Waals surface area contributed by atoms with Crippen molar-refractivity contribution in [3.63, 3.8) is 0 Å². The van der Waals surface area contributed by atoms with Crippen molar-refractivity contribution in [2.45, 2.75) is 24.7 Å². The second-order valence-corrected chi connectivity index (χ2v) is 6.87. The third-order valence-electron chi connectivity index (χ3n) is 3.41. The van der Waals surface area contributed by atoms with E-state index in [4.69, 9.17) is 0 Å². The predicted octanol–water partition coefficient (Wildman–Crippen LogP) is 0.923. The Labute approximate surface area is 125 Å². The fourth-order valence-electron chi connectivity index (χ4n) is 2.16. The summed E-state index contributed by atoms with van der Waals surface area (Å²) in [5.41, 5.74) is 0.612. The lowest BCUT2D eigenvalue weighted by molar-refractivity contribution is -0.119. The van der Waals surface area contributed by atoms with Gasteiger partial charge in [-0.25, -0.2) is 13.1 Å². The molecular weight excluding hydrogens is 290 g/mol. The lowest BCUT2D eigenvalue weighted by atomic mass is 10.1. The molecule has 116 valence electrons. The Kier molecular flexibility index (Phi) is 5.33. The van der Waals surface area contributed by atoms with Crippen LogP contribution in [0.2, 0.25) is 0 Å². The van der Waals surface area contributed by atoms with Gasteiger partial charge in [-0.3, -0.25) is 4.79 Å². The van der Waals surface area contributed by atoms with Gasteiger partial charge >= 0.3 is 0 Å². The van der Waals surface area contributed by atoms with Crippen molar-refractivity contribution in [1.82, 2.24) is 10.0 Å². The van der Waals surface area contributed by atoms with Crippen molar-refractivity contribution < 1.29 is 13.2 Å². The zero-order chi connectivity index (χ0) is 15.3. The molecule has 1 aliphatic rings. The predicted molar refractivity (Wildman–Crippen MR) is 81.5 cm³/mol. The molecule has 21 heavy (non-hydrogen) atoms. The number of nitrogens with one attached hydrogen (secondary N) is 3. The first-order chi connectivity index (χ1) is 10.0. The minimum absolute atomic E-state index is 0.0142. The fraction of sp³-hybridized carbons (Fsp3) is 0.500. The molecule has 1 aliphatic heterocycles. The Bertz CT molecular complexity index is 578. The van der Waals surface area contributed by atoms with Crippen LogP contribution in [0.5, 0.6) is 0 Å². The molecule has 1 saturated heterocycles. The molecule has 0 aliphatic carbocycles. The standard InChI is InChI=1S/C14H21N3O3S/c1-2-8-16-21(19,20)13-5-3-12(4-6-13)17-14(18)11-7-9-15-10-11/h3-6,11,15-16H,2,7-10H2,1H3,(H,17,18). The number of rotatable bonds is 6. The van der Waals surface area contributed by atoms with Crippen LogP contribution in [0.4, 0.5) is 5.69 Å². The normalized spacial score (nSPS) is 18.6. The van der Waals surface area contributed by atoms with Gasteiger partial charge in [0.25, 0.3) is 0 Å². The van der Waals surface area contributed by atoms with Gasteiger partial charge in [0.15, 0.2) is 0 Å². The van der Waals surface area contributed by atoms with Gasteiger partial charge in [-0.1, -0.05) is 6.92 Å². The fourth-order valence-corrected chi connectivity index (χ4v) is 3.29. The topological polar surface area (TPSA) is 87.3 Å². The smallest absolute Gasteiger partial charge is 0.240 e. The second-order valence-electron chi connectivity index (χ2n) is 5.10. The summed E-state index contributed by atoms with van der Waals surface area (Å²) in [6.45, 7) is 3.87. The maximum absolute atomic E-state index is 12.0. The molecule has 0 aromatic heterocycles. The zero-order valence-corrected chi connectivity index (χ0v) is 12.9. The number of hydrogen-bond donors (Lipinski definition) is 3. The van der Waals surface area contributed by atoms with Gasteiger partial charge in [0.05, 0.1) is 10.8 Å². The second kappa shape index (κ2) is 7.02. The summed E-state index contributed by atoms with van der Waals surface area (Å²) in [5, 5.41) is 5.95. The van der Waals surface area contributed by atoms with Crippen LogP contribution >= 0.6 is 0 Å². The third kappa shape index (κ3) is 4.26. The summed E-state index contributed by atoms with van der Waals surface area (Å²) < 4.78 is 26.4. The molecule has 1 heterocycles. The molecule has 6 nitrogen and oxygen atoms in total. The number of benzene rings is 1. The first kappa shape index (κ1) is 15.9. The molecule has 1 atom stereocenters. The van der Waals surface area contributed by atoms with Crippen molar-refractivity contribution in [2.24, 2.45) is 5.92 Å². The zero-order valence-electron chi connectivity index (χ0n) is 12.1. The van der Waals surface area contributed by atoms with Crippen LogP contribution in [-0.4, -0.2) is 34.0 Å². The van der Waals surface area contributed by atoms with Gasteiger partial charge in [-0.15, -0.1) is 0 Å². The van der Waals surface area contributed by atoms with E-state index in [9.17, 15) is 13.2 Å². The van der Waals surface area contributed by atoms with E-state index in [-0.39, 0.29) is 16.7 Å². The van der Waals surface area contributed by atoms with E-state index in [1.54, 1.807) is 12.1 Å². The Morgan fingerprint density at radius 1 is 1.33 bits per heavy atom. The molecule has 1 aromatic rings. The van der Waals surface area contributed by atoms with E-state index in [1.165, 1.54) is 12.1 Å². The van der Waals surface area contributed by atoms with Crippen LogP contribution in [-0.2, 0) is 14.8 Å². The van der Waals surface area contributed by atoms with E-state index in [1.807, 2.05) is 6.92 Å². The van der Waals surface area contributed by atoms with Gasteiger partial charge in [-0.05, 0) is 43.7 Å². The summed E-state index contributed by atoms with van der Waals surface area (Å²) in [6, 6.07) is 6.22. The molecule has 1 fully saturated rings. The maximum atomic E-state index is 12.0. The SMILES string of the molecule is CCCNS(=O)(=O)c1ccc(NC(=O)C2CCNC2)cc1. The van der Waals surface area contributed by atoms with Gasteiger partial charge in [0, 0.05) is 18.8 Å². The number of carbonyl (C=O) groups is 1. The van der Waals surface area contributed by atoms with E-state index in [2.05, 4.69) is 15.4 Å². The monoisotopic (exact) mass is 311 g/mol. The van der Waals surface area contributed by atoms with E-state index in [0.717, 1.165) is 19.4 Å². The first-order valence-electron chi connectivity index (χ1n) is 7.14. The number of amides is 1. The highest BCUT2D eigenvalue weighted by Crippen LogP contribution is 2.16. The van der Waals surface area contributed by atoms with Gasteiger partial charge < -0.3 is 10.6 Å². The Hall–Kier alpha value is -1.44. The molecule has 3 N–H and O–H groups in total. The van der Waals surface area contributed by atoms with Crippen LogP contribution in [0.3, 0.4) is 0 Å². The highest BCUT2D eigenvalue weighted by atomic mass is 32.2. The van der Waals surface area contributed by atoms with Crippen molar-refractivity contribution >= 4 is 21.6 Å². The Morgan fingerprint density at radius 3 is 2.62 bits per heavy atom. The Balaban J connectivity index is 2.00. The molecule has 0 spiro atoms. The molecule has 1 amide bonds. The molecule has 0 saturated carbocycles. The summed E-state index contributed by atoms with van der Waals surface area (Å²) >= 11 is 0. The molecule has 7 heteroatoms. The van der Waals surface area contributed by atoms with Crippen LogP contribution in [0.1, 0.15) is 19.8 Å². The van der Waals surface area contributed by atoms with Crippen molar-refractivity contribution in [1.29, 1.82) is 0 Å². The molecule has 0 radical (unpaired) electrons. The van der Waals surface area contributed by atoms with Gasteiger partial charge in [0.1, 0.15) is 0 Å². The number of anilines is 1. The first-order valence-corrected chi connectivity index (χ1v) is 8.62. The van der Waals surface area contributed by atoms with Gasteiger partial charge in [-0.2, -0.15) is 0 Å². The third-order valence-corrected chi connectivity index (χ3v) is 4.88. The molecule has 1 unspecified atom stereocenters. The number of hydrogen-bond acceptors (Lipinski definition) is 4. The van der Waals surface area contributed by atoms with Crippen LogP contribution in [0, 0.1) is 5.92 Å². The van der Waals surface area contributed by atoms with Gasteiger partial charge in [0.2, 0.25) is 15.9 Å². The Morgan fingerprint density at radius 2 is 2.05 bits per heavy atom. The highest BCUT2D eigenvalue weighted by molar-refractivity contribution is 7.89. The van der Waals surface area contributed by atoms with Crippen LogP contribution in [0.25, 0.3) is 0 Å². The van der Waals surface area contributed by atoms with E-state index >= 15 is 0 Å². The molecular formula is C14H21N3O3S. The minimum atomic E-state index is -3.46. The lowest BCUT2D eigenvalue weighted by Gasteiger charge is -2.11. The average Bonchev–Trinajstić information content (AvgIpc) is 3.00. The van der Waals surface area contributed by atoms with Crippen LogP contribution < -0.4 is 15.4 Å². The summed E-state index contributed by atoms with van der Waals surface area (Å²) in [7, 11) is -3.46. The highest BCUT2D eigenvalue weighted by Gasteiger charge is 2.22. The lowest BCUT2D eigenvalue weighted by Crippen LogP contribution is -2.25. The summed E-state index contributed by atoms with van der Waals surface area (Å²) in [4.78, 5) is 12.2. The van der Waals surface area contributed by atoms with Crippen molar-refractivity contribution in [2.75, 3.05) is 25.0 Å². The van der Waals surface area contributed by atoms with E-state index < -0.39 is 10.0 Å². The van der Waals surface area contributed by atoms with Crippen LogP contribution in [0.15, 0.2) is 29.2 Å². The average molecular weight is 311 g/mol. The van der Waals surface area contributed by atoms with Crippen molar-refractivity contribution in [3.8, 4) is 0 Å². The molecule has 2 rings (SSSR count). The maximum Gasteiger partial charge on any atom is 0.240 e.